The highest BCUT2D eigenvalue weighted by atomic mass is 16.3. The third kappa shape index (κ3) is 2.62. The molecule has 2 fully saturated rings. The van der Waals surface area contributed by atoms with Crippen molar-refractivity contribution in [3.63, 3.8) is 0 Å². The Morgan fingerprint density at radius 1 is 1.17 bits per heavy atom. The number of aryl methyl sites for hydroxylation is 1. The third-order valence-corrected chi connectivity index (χ3v) is 5.55. The second kappa shape index (κ2) is 6.22. The minimum Gasteiger partial charge on any atom is -0.451 e. The highest BCUT2D eigenvalue weighted by Gasteiger charge is 2.34. The topological polar surface area (TPSA) is 56.9 Å². The maximum absolute atomic E-state index is 12.8. The summed E-state index contributed by atoms with van der Waals surface area (Å²) < 4.78 is 5.81. The number of para-hydroxylation sites is 1. The number of piperazine rings is 1. The van der Waals surface area contributed by atoms with Gasteiger partial charge in [-0.05, 0) is 32.3 Å². The Kier molecular flexibility index (Phi) is 4.06. The van der Waals surface area contributed by atoms with Crippen LogP contribution >= 0.6 is 0 Å². The highest BCUT2D eigenvalue weighted by molar-refractivity contribution is 5.98. The molecule has 2 heterocycles. The normalized spacial score (nSPS) is 25.5. The lowest BCUT2D eigenvalue weighted by Gasteiger charge is -2.38. The lowest BCUT2D eigenvalue weighted by molar-refractivity contribution is 0.0302. The van der Waals surface area contributed by atoms with E-state index >= 15 is 0 Å². The van der Waals surface area contributed by atoms with Crippen molar-refractivity contribution in [2.45, 2.75) is 38.3 Å². The molecule has 0 spiro atoms. The van der Waals surface area contributed by atoms with E-state index in [1.807, 2.05) is 36.1 Å². The fourth-order valence-corrected chi connectivity index (χ4v) is 4.13. The zero-order chi connectivity index (χ0) is 16.7. The van der Waals surface area contributed by atoms with Gasteiger partial charge in [0.25, 0.3) is 5.91 Å². The maximum Gasteiger partial charge on any atom is 0.289 e. The van der Waals surface area contributed by atoms with E-state index < -0.39 is 0 Å². The summed E-state index contributed by atoms with van der Waals surface area (Å²) >= 11 is 0. The van der Waals surface area contributed by atoms with Crippen LogP contribution in [0.3, 0.4) is 0 Å². The number of hydrogen-bond donors (Lipinski definition) is 1. The highest BCUT2D eigenvalue weighted by Crippen LogP contribution is 2.28. The first-order chi connectivity index (χ1) is 11.6. The molecular formula is C19H24N2O3. The predicted molar refractivity (Wildman–Crippen MR) is 92.1 cm³/mol. The zero-order valence-corrected chi connectivity index (χ0v) is 14.1. The van der Waals surface area contributed by atoms with E-state index in [2.05, 4.69) is 4.90 Å². The lowest BCUT2D eigenvalue weighted by atomic mass is 10.1. The fraction of sp³-hybridized carbons (Fsp3) is 0.526. The van der Waals surface area contributed by atoms with Crippen LogP contribution in [0.15, 0.2) is 28.7 Å². The summed E-state index contributed by atoms with van der Waals surface area (Å²) in [5.41, 5.74) is 1.69. The van der Waals surface area contributed by atoms with Crippen LogP contribution in [0.5, 0.6) is 0 Å². The van der Waals surface area contributed by atoms with Gasteiger partial charge < -0.3 is 14.4 Å². The van der Waals surface area contributed by atoms with Gasteiger partial charge in [-0.1, -0.05) is 18.2 Å². The fourth-order valence-electron chi connectivity index (χ4n) is 4.13. The van der Waals surface area contributed by atoms with Gasteiger partial charge in [0.1, 0.15) is 5.58 Å². The van der Waals surface area contributed by atoms with Crippen LogP contribution in [0, 0.1) is 6.92 Å². The van der Waals surface area contributed by atoms with Gasteiger partial charge in [0.2, 0.25) is 0 Å². The molecule has 0 bridgehead atoms. The largest absolute Gasteiger partial charge is 0.451 e. The second-order valence-corrected chi connectivity index (χ2v) is 6.95. The first-order valence-electron chi connectivity index (χ1n) is 8.84. The van der Waals surface area contributed by atoms with Crippen LogP contribution in [-0.4, -0.2) is 59.1 Å². The van der Waals surface area contributed by atoms with E-state index in [-0.39, 0.29) is 18.1 Å². The monoisotopic (exact) mass is 328 g/mol. The zero-order valence-electron chi connectivity index (χ0n) is 14.1. The van der Waals surface area contributed by atoms with E-state index in [1.165, 1.54) is 0 Å². The summed E-state index contributed by atoms with van der Waals surface area (Å²) in [7, 11) is 0. The maximum atomic E-state index is 12.8. The van der Waals surface area contributed by atoms with Crippen molar-refractivity contribution in [2.75, 3.05) is 26.2 Å². The predicted octanol–water partition coefficient (Wildman–Crippen LogP) is 2.41. The van der Waals surface area contributed by atoms with Crippen LogP contribution < -0.4 is 0 Å². The molecule has 1 saturated heterocycles. The van der Waals surface area contributed by atoms with Crippen molar-refractivity contribution in [3.05, 3.63) is 35.6 Å². The number of furan rings is 1. The molecule has 5 nitrogen and oxygen atoms in total. The number of carbonyl (C=O) groups excluding carboxylic acids is 1. The minimum absolute atomic E-state index is 0.0182. The Hall–Kier alpha value is -1.85. The number of nitrogens with zero attached hydrogens (tertiary/aromatic N) is 2. The van der Waals surface area contributed by atoms with Gasteiger partial charge in [0.05, 0.1) is 6.10 Å². The Labute approximate surface area is 141 Å². The third-order valence-electron chi connectivity index (χ3n) is 5.55. The molecule has 1 aliphatic carbocycles. The number of amides is 1. The summed E-state index contributed by atoms with van der Waals surface area (Å²) in [6.45, 7) is 4.99. The number of fused-ring (bicyclic) bond motifs is 1. The molecular weight excluding hydrogens is 304 g/mol. The number of carbonyl (C=O) groups is 1. The molecule has 2 aromatic rings. The molecule has 24 heavy (non-hydrogen) atoms. The second-order valence-electron chi connectivity index (χ2n) is 6.95. The molecule has 2 atom stereocenters. The van der Waals surface area contributed by atoms with Crippen molar-refractivity contribution in [3.8, 4) is 0 Å². The molecule has 0 unspecified atom stereocenters. The Balaban J connectivity index is 1.47. The van der Waals surface area contributed by atoms with E-state index in [9.17, 15) is 9.90 Å². The standard InChI is InChI=1S/C19H24N2O3/c1-13-14-5-2-3-8-17(14)24-18(13)19(23)21-11-9-20(10-12-21)15-6-4-7-16(15)22/h2-3,5,8,15-16,22H,4,6-7,9-12H2,1H3/t15-,16-/m1/s1. The molecule has 1 saturated carbocycles. The molecule has 0 radical (unpaired) electrons. The first-order valence-corrected chi connectivity index (χ1v) is 8.84. The SMILES string of the molecule is Cc1c(C(=O)N2CCN([C@@H]3CCC[C@H]3O)CC2)oc2ccccc12. The number of aliphatic hydroxyl groups excluding tert-OH is 1. The van der Waals surface area contributed by atoms with Crippen molar-refractivity contribution in [1.82, 2.24) is 9.80 Å². The molecule has 1 N–H and O–H groups in total. The van der Waals surface area contributed by atoms with Crippen molar-refractivity contribution in [2.24, 2.45) is 0 Å². The van der Waals surface area contributed by atoms with Gasteiger partial charge in [-0.3, -0.25) is 9.69 Å². The van der Waals surface area contributed by atoms with Crippen LogP contribution in [0.25, 0.3) is 11.0 Å². The molecule has 128 valence electrons. The van der Waals surface area contributed by atoms with Gasteiger partial charge in [0, 0.05) is 43.2 Å². The van der Waals surface area contributed by atoms with Crippen molar-refractivity contribution >= 4 is 16.9 Å². The van der Waals surface area contributed by atoms with Crippen molar-refractivity contribution in [1.29, 1.82) is 0 Å². The van der Waals surface area contributed by atoms with Crippen molar-refractivity contribution < 1.29 is 14.3 Å². The molecule has 5 heteroatoms. The van der Waals surface area contributed by atoms with Crippen LogP contribution in [-0.2, 0) is 0 Å². The summed E-state index contributed by atoms with van der Waals surface area (Å²) in [5, 5.41) is 11.1. The van der Waals surface area contributed by atoms with E-state index in [0.717, 1.165) is 48.9 Å². The summed E-state index contributed by atoms with van der Waals surface area (Å²) in [6, 6.07) is 8.05. The van der Waals surface area contributed by atoms with E-state index in [1.54, 1.807) is 0 Å². The Morgan fingerprint density at radius 2 is 1.92 bits per heavy atom. The van der Waals surface area contributed by atoms with E-state index in [0.29, 0.717) is 18.8 Å². The average molecular weight is 328 g/mol. The summed E-state index contributed by atoms with van der Waals surface area (Å²) in [6.07, 6.45) is 2.87. The van der Waals surface area contributed by atoms with Crippen LogP contribution in [0.4, 0.5) is 0 Å². The Bertz CT molecular complexity index is 746. The molecule has 4 rings (SSSR count). The molecule has 2 aliphatic rings. The van der Waals surface area contributed by atoms with E-state index in [4.69, 9.17) is 4.42 Å². The van der Waals surface area contributed by atoms with Gasteiger partial charge in [-0.25, -0.2) is 0 Å². The quantitative estimate of drug-likeness (QED) is 0.920. The minimum atomic E-state index is -0.204. The van der Waals surface area contributed by atoms with Crippen LogP contribution in [0.2, 0.25) is 0 Å². The molecule has 1 amide bonds. The average Bonchev–Trinajstić information content (AvgIpc) is 3.18. The molecule has 1 aromatic carbocycles. The number of hydrogen-bond acceptors (Lipinski definition) is 4. The van der Waals surface area contributed by atoms with Gasteiger partial charge in [0.15, 0.2) is 5.76 Å². The number of rotatable bonds is 2. The van der Waals surface area contributed by atoms with Gasteiger partial charge in [-0.15, -0.1) is 0 Å². The van der Waals surface area contributed by atoms with Crippen LogP contribution in [0.1, 0.15) is 35.4 Å². The van der Waals surface area contributed by atoms with Gasteiger partial charge >= 0.3 is 0 Å². The van der Waals surface area contributed by atoms with Gasteiger partial charge in [-0.2, -0.15) is 0 Å². The number of aliphatic hydroxyl groups is 1. The smallest absolute Gasteiger partial charge is 0.289 e. The molecule has 1 aliphatic heterocycles. The Morgan fingerprint density at radius 3 is 2.58 bits per heavy atom. The number of benzene rings is 1. The summed E-state index contributed by atoms with van der Waals surface area (Å²) in [4.78, 5) is 17.1. The first kappa shape index (κ1) is 15.7. The lowest BCUT2D eigenvalue weighted by Crippen LogP contribution is -2.53. The molecule has 1 aromatic heterocycles. The summed E-state index contributed by atoms with van der Waals surface area (Å²) in [5.74, 6) is 0.445.